The molecule has 0 fully saturated rings. The molecule has 1 aromatic rings. The summed E-state index contributed by atoms with van der Waals surface area (Å²) in [5.74, 6) is 0.0230. The highest BCUT2D eigenvalue weighted by atomic mass is 16.2. The minimum atomic E-state index is -0.539. The average molecular weight is 248 g/mol. The standard InChI is InChI=1S/C15H24N2O/c1-4-6-11-17(5-2)15(18)14(16)13-9-7-12(3)8-10-13/h7-10,14H,4-6,11,16H2,1-3H3. The number of nitrogens with zero attached hydrogens (tertiary/aromatic N) is 1. The first kappa shape index (κ1) is 14.7. The van der Waals surface area contributed by atoms with Crippen molar-refractivity contribution < 1.29 is 4.79 Å². The zero-order valence-electron chi connectivity index (χ0n) is 11.6. The van der Waals surface area contributed by atoms with Gasteiger partial charge in [0.1, 0.15) is 6.04 Å². The highest BCUT2D eigenvalue weighted by Crippen LogP contribution is 2.14. The second-order valence-corrected chi connectivity index (χ2v) is 4.66. The normalized spacial score (nSPS) is 12.2. The summed E-state index contributed by atoms with van der Waals surface area (Å²) >= 11 is 0. The first-order valence-corrected chi connectivity index (χ1v) is 6.71. The third kappa shape index (κ3) is 3.84. The Balaban J connectivity index is 2.72. The molecular formula is C15H24N2O. The molecule has 0 heterocycles. The summed E-state index contributed by atoms with van der Waals surface area (Å²) in [4.78, 5) is 14.1. The molecule has 0 aromatic heterocycles. The fourth-order valence-corrected chi connectivity index (χ4v) is 1.89. The monoisotopic (exact) mass is 248 g/mol. The Morgan fingerprint density at radius 2 is 1.89 bits per heavy atom. The largest absolute Gasteiger partial charge is 0.341 e. The number of nitrogens with two attached hydrogens (primary N) is 1. The van der Waals surface area contributed by atoms with Crippen LogP contribution in [-0.2, 0) is 4.79 Å². The van der Waals surface area contributed by atoms with Gasteiger partial charge in [0.05, 0.1) is 0 Å². The molecule has 0 bridgehead atoms. The van der Waals surface area contributed by atoms with Gasteiger partial charge in [-0.1, -0.05) is 43.2 Å². The van der Waals surface area contributed by atoms with Crippen LogP contribution in [0.3, 0.4) is 0 Å². The first-order valence-electron chi connectivity index (χ1n) is 6.71. The smallest absolute Gasteiger partial charge is 0.244 e. The molecule has 0 radical (unpaired) electrons. The Kier molecular flexibility index (Phi) is 5.86. The van der Waals surface area contributed by atoms with Crippen LogP contribution in [0.5, 0.6) is 0 Å². The number of unbranched alkanes of at least 4 members (excludes halogenated alkanes) is 1. The van der Waals surface area contributed by atoms with E-state index in [0.717, 1.165) is 31.5 Å². The van der Waals surface area contributed by atoms with E-state index in [-0.39, 0.29) is 5.91 Å². The van der Waals surface area contributed by atoms with Crippen LogP contribution in [-0.4, -0.2) is 23.9 Å². The molecule has 0 saturated heterocycles. The van der Waals surface area contributed by atoms with E-state index in [1.54, 1.807) is 0 Å². The lowest BCUT2D eigenvalue weighted by atomic mass is 10.0. The van der Waals surface area contributed by atoms with Crippen molar-refractivity contribution in [3.8, 4) is 0 Å². The SMILES string of the molecule is CCCCN(CC)C(=O)C(N)c1ccc(C)cc1. The van der Waals surface area contributed by atoms with Crippen molar-refractivity contribution in [3.05, 3.63) is 35.4 Å². The Hall–Kier alpha value is -1.35. The summed E-state index contributed by atoms with van der Waals surface area (Å²) < 4.78 is 0. The predicted octanol–water partition coefficient (Wildman–Crippen LogP) is 2.64. The van der Waals surface area contributed by atoms with Crippen LogP contribution in [0, 0.1) is 6.92 Å². The van der Waals surface area contributed by atoms with Gasteiger partial charge in [-0.05, 0) is 25.8 Å². The number of carbonyl (C=O) groups is 1. The Morgan fingerprint density at radius 1 is 1.28 bits per heavy atom. The summed E-state index contributed by atoms with van der Waals surface area (Å²) in [5.41, 5.74) is 8.11. The number of rotatable bonds is 6. The average Bonchev–Trinajstić information content (AvgIpc) is 2.39. The summed E-state index contributed by atoms with van der Waals surface area (Å²) in [5, 5.41) is 0. The zero-order chi connectivity index (χ0) is 13.5. The van der Waals surface area contributed by atoms with Gasteiger partial charge in [-0.15, -0.1) is 0 Å². The van der Waals surface area contributed by atoms with Crippen LogP contribution >= 0.6 is 0 Å². The molecule has 3 heteroatoms. The first-order chi connectivity index (χ1) is 8.60. The minimum Gasteiger partial charge on any atom is -0.341 e. The van der Waals surface area contributed by atoms with Crippen LogP contribution in [0.1, 0.15) is 43.9 Å². The van der Waals surface area contributed by atoms with Crippen molar-refractivity contribution in [2.75, 3.05) is 13.1 Å². The molecule has 3 nitrogen and oxygen atoms in total. The Labute approximate surface area is 110 Å². The van der Waals surface area contributed by atoms with E-state index in [1.165, 1.54) is 5.56 Å². The maximum atomic E-state index is 12.3. The predicted molar refractivity (Wildman–Crippen MR) is 75.3 cm³/mol. The van der Waals surface area contributed by atoms with Crippen molar-refractivity contribution in [1.29, 1.82) is 0 Å². The molecular weight excluding hydrogens is 224 g/mol. The van der Waals surface area contributed by atoms with Gasteiger partial charge in [0.15, 0.2) is 0 Å². The number of carbonyl (C=O) groups excluding carboxylic acids is 1. The maximum absolute atomic E-state index is 12.3. The quantitative estimate of drug-likeness (QED) is 0.841. The lowest BCUT2D eigenvalue weighted by Crippen LogP contribution is -2.39. The minimum absolute atomic E-state index is 0.0230. The van der Waals surface area contributed by atoms with E-state index in [0.29, 0.717) is 0 Å². The lowest BCUT2D eigenvalue weighted by Gasteiger charge is -2.24. The van der Waals surface area contributed by atoms with Crippen LogP contribution in [0.4, 0.5) is 0 Å². The molecule has 0 spiro atoms. The highest BCUT2D eigenvalue weighted by molar-refractivity contribution is 5.83. The molecule has 1 unspecified atom stereocenters. The van der Waals surface area contributed by atoms with Gasteiger partial charge < -0.3 is 10.6 Å². The second-order valence-electron chi connectivity index (χ2n) is 4.66. The third-order valence-electron chi connectivity index (χ3n) is 3.18. The molecule has 18 heavy (non-hydrogen) atoms. The molecule has 1 aromatic carbocycles. The number of amides is 1. The molecule has 0 saturated carbocycles. The van der Waals surface area contributed by atoms with Crippen molar-refractivity contribution in [3.63, 3.8) is 0 Å². The number of aryl methyl sites for hydroxylation is 1. The van der Waals surface area contributed by atoms with E-state index in [2.05, 4.69) is 6.92 Å². The van der Waals surface area contributed by atoms with Gasteiger partial charge in [0.2, 0.25) is 5.91 Å². The van der Waals surface area contributed by atoms with Crippen LogP contribution in [0.2, 0.25) is 0 Å². The molecule has 0 aliphatic carbocycles. The molecule has 0 aliphatic heterocycles. The number of benzene rings is 1. The lowest BCUT2D eigenvalue weighted by molar-refractivity contribution is -0.132. The van der Waals surface area contributed by atoms with E-state index >= 15 is 0 Å². The molecule has 0 aliphatic rings. The maximum Gasteiger partial charge on any atom is 0.244 e. The fraction of sp³-hybridized carbons (Fsp3) is 0.533. The van der Waals surface area contributed by atoms with Crippen molar-refractivity contribution >= 4 is 5.91 Å². The van der Waals surface area contributed by atoms with E-state index < -0.39 is 6.04 Å². The van der Waals surface area contributed by atoms with E-state index in [4.69, 9.17) is 5.73 Å². The van der Waals surface area contributed by atoms with Crippen molar-refractivity contribution in [1.82, 2.24) is 4.90 Å². The molecule has 1 amide bonds. The summed E-state index contributed by atoms with van der Waals surface area (Å²) in [6, 6.07) is 7.31. The molecule has 1 rings (SSSR count). The second kappa shape index (κ2) is 7.17. The molecule has 2 N–H and O–H groups in total. The number of hydrogen-bond acceptors (Lipinski definition) is 2. The third-order valence-corrected chi connectivity index (χ3v) is 3.18. The molecule has 1 atom stereocenters. The van der Waals surface area contributed by atoms with Gasteiger partial charge in [-0.25, -0.2) is 0 Å². The van der Waals surface area contributed by atoms with E-state index in [9.17, 15) is 4.79 Å². The highest BCUT2D eigenvalue weighted by Gasteiger charge is 2.20. The van der Waals surface area contributed by atoms with Crippen LogP contribution in [0.15, 0.2) is 24.3 Å². The van der Waals surface area contributed by atoms with Gasteiger partial charge in [0.25, 0.3) is 0 Å². The van der Waals surface area contributed by atoms with Crippen LogP contribution in [0.25, 0.3) is 0 Å². The van der Waals surface area contributed by atoms with Crippen molar-refractivity contribution in [2.24, 2.45) is 5.73 Å². The Morgan fingerprint density at radius 3 is 2.39 bits per heavy atom. The summed E-state index contributed by atoms with van der Waals surface area (Å²) in [6.45, 7) is 7.66. The topological polar surface area (TPSA) is 46.3 Å². The van der Waals surface area contributed by atoms with Gasteiger partial charge in [0, 0.05) is 13.1 Å². The summed E-state index contributed by atoms with van der Waals surface area (Å²) in [6.07, 6.45) is 2.11. The van der Waals surface area contributed by atoms with Gasteiger partial charge in [-0.2, -0.15) is 0 Å². The number of likely N-dealkylation sites (N-methyl/N-ethyl adjacent to an activating group) is 1. The zero-order valence-corrected chi connectivity index (χ0v) is 11.6. The molecule has 100 valence electrons. The fourth-order valence-electron chi connectivity index (χ4n) is 1.89. The van der Waals surface area contributed by atoms with Crippen LogP contribution < -0.4 is 5.73 Å². The van der Waals surface area contributed by atoms with Gasteiger partial charge in [-0.3, -0.25) is 4.79 Å². The number of hydrogen-bond donors (Lipinski definition) is 1. The van der Waals surface area contributed by atoms with Gasteiger partial charge >= 0.3 is 0 Å². The van der Waals surface area contributed by atoms with Crippen molar-refractivity contribution in [2.45, 2.75) is 39.7 Å². The summed E-state index contributed by atoms with van der Waals surface area (Å²) in [7, 11) is 0. The van der Waals surface area contributed by atoms with E-state index in [1.807, 2.05) is 43.0 Å². The Bertz CT molecular complexity index is 373.